The summed E-state index contributed by atoms with van der Waals surface area (Å²) in [6, 6.07) is 6.20. The normalized spacial score (nSPS) is 12.4. The van der Waals surface area contributed by atoms with Crippen molar-refractivity contribution in [3.8, 4) is 5.69 Å². The van der Waals surface area contributed by atoms with Gasteiger partial charge >= 0.3 is 0 Å². The molecule has 0 aliphatic heterocycles. The summed E-state index contributed by atoms with van der Waals surface area (Å²) in [6.07, 6.45) is 0.896. The summed E-state index contributed by atoms with van der Waals surface area (Å²) in [6.45, 7) is 4.69. The van der Waals surface area contributed by atoms with E-state index in [1.165, 1.54) is 23.9 Å². The van der Waals surface area contributed by atoms with E-state index in [1.807, 2.05) is 37.4 Å². The van der Waals surface area contributed by atoms with Crippen LogP contribution in [-0.2, 0) is 4.79 Å². The molecule has 0 fully saturated rings. The molecular weight excluding hydrogens is 341 g/mol. The summed E-state index contributed by atoms with van der Waals surface area (Å²) >= 11 is 1.32. The van der Waals surface area contributed by atoms with E-state index in [-0.39, 0.29) is 23.5 Å². The number of carbonyl (C=O) groups is 1. The van der Waals surface area contributed by atoms with Gasteiger partial charge in [0.1, 0.15) is 5.82 Å². The van der Waals surface area contributed by atoms with Gasteiger partial charge in [-0.2, -0.15) is 0 Å². The second-order valence-electron chi connectivity index (χ2n) is 5.93. The fraction of sp³-hybridized carbons (Fsp3) is 0.471. The van der Waals surface area contributed by atoms with Crippen LogP contribution in [0.2, 0.25) is 0 Å². The Labute approximate surface area is 151 Å². The van der Waals surface area contributed by atoms with Crippen LogP contribution in [0.15, 0.2) is 29.4 Å². The third-order valence-electron chi connectivity index (χ3n) is 3.80. The Hall–Kier alpha value is -1.93. The molecule has 0 spiro atoms. The fourth-order valence-electron chi connectivity index (χ4n) is 2.15. The number of benzene rings is 1. The lowest BCUT2D eigenvalue weighted by Gasteiger charge is -2.20. The number of halogens is 1. The van der Waals surface area contributed by atoms with E-state index in [9.17, 15) is 9.18 Å². The first-order valence-corrected chi connectivity index (χ1v) is 9.19. The fourth-order valence-corrected chi connectivity index (χ4v) is 2.94. The molecule has 8 heteroatoms. The molecule has 1 atom stereocenters. The maximum Gasteiger partial charge on any atom is 0.230 e. The number of nitrogens with zero attached hydrogens (tertiary/aromatic N) is 4. The van der Waals surface area contributed by atoms with Gasteiger partial charge in [-0.1, -0.05) is 18.7 Å². The third kappa shape index (κ3) is 5.02. The number of carbonyl (C=O) groups excluding carboxylic acids is 1. The molecule has 2 aromatic rings. The highest BCUT2D eigenvalue weighted by molar-refractivity contribution is 7.99. The minimum atomic E-state index is -0.299. The second kappa shape index (κ2) is 8.96. The van der Waals surface area contributed by atoms with Gasteiger partial charge in [-0.05, 0) is 51.7 Å². The molecule has 25 heavy (non-hydrogen) atoms. The van der Waals surface area contributed by atoms with E-state index in [1.54, 1.807) is 12.1 Å². The maximum absolute atomic E-state index is 13.3. The Morgan fingerprint density at radius 3 is 2.60 bits per heavy atom. The number of nitrogens with one attached hydrogen (secondary N) is 1. The van der Waals surface area contributed by atoms with Crippen molar-refractivity contribution in [3.05, 3.63) is 35.9 Å². The van der Waals surface area contributed by atoms with Gasteiger partial charge in [-0.25, -0.2) is 4.39 Å². The van der Waals surface area contributed by atoms with Crippen LogP contribution in [0.1, 0.15) is 32.1 Å². The van der Waals surface area contributed by atoms with Gasteiger partial charge < -0.3 is 5.32 Å². The van der Waals surface area contributed by atoms with Crippen LogP contribution in [0.25, 0.3) is 5.69 Å². The predicted molar refractivity (Wildman–Crippen MR) is 97.4 cm³/mol. The first kappa shape index (κ1) is 19.4. The molecule has 136 valence electrons. The predicted octanol–water partition coefficient (Wildman–Crippen LogP) is 2.65. The van der Waals surface area contributed by atoms with Crippen LogP contribution in [-0.4, -0.2) is 52.0 Å². The summed E-state index contributed by atoms with van der Waals surface area (Å²) in [5.41, 5.74) is 0.770. The van der Waals surface area contributed by atoms with E-state index in [2.05, 4.69) is 15.5 Å². The third-order valence-corrected chi connectivity index (χ3v) is 4.72. The van der Waals surface area contributed by atoms with E-state index < -0.39 is 0 Å². The van der Waals surface area contributed by atoms with Gasteiger partial charge in [0.05, 0.1) is 11.8 Å². The Morgan fingerprint density at radius 1 is 1.32 bits per heavy atom. The monoisotopic (exact) mass is 365 g/mol. The highest BCUT2D eigenvalue weighted by Crippen LogP contribution is 2.26. The SMILES string of the molecule is CCCNC(=O)CSc1nnc([C@H](C)N(C)C)n1-c1ccc(F)cc1. The molecule has 0 saturated carbocycles. The van der Waals surface area contributed by atoms with Gasteiger partial charge in [-0.15, -0.1) is 10.2 Å². The molecule has 6 nitrogen and oxygen atoms in total. The van der Waals surface area contributed by atoms with Crippen LogP contribution < -0.4 is 5.32 Å². The maximum atomic E-state index is 13.3. The van der Waals surface area contributed by atoms with Crippen LogP contribution in [0.5, 0.6) is 0 Å². The molecular formula is C17H24FN5OS. The van der Waals surface area contributed by atoms with Crippen molar-refractivity contribution in [1.29, 1.82) is 0 Å². The lowest BCUT2D eigenvalue weighted by atomic mass is 10.2. The minimum absolute atomic E-state index is 0.0146. The Kier molecular flexibility index (Phi) is 6.95. The standard InChI is InChI=1S/C17H24FN5OS/c1-5-10-19-15(24)11-25-17-21-20-16(12(2)22(3)4)23(17)14-8-6-13(18)7-9-14/h6-9,12H,5,10-11H2,1-4H3,(H,19,24)/t12-/m0/s1. The Balaban J connectivity index is 2.30. The first-order valence-electron chi connectivity index (χ1n) is 8.21. The molecule has 1 heterocycles. The quantitative estimate of drug-likeness (QED) is 0.729. The molecule has 1 amide bonds. The zero-order valence-corrected chi connectivity index (χ0v) is 15.8. The van der Waals surface area contributed by atoms with Crippen molar-refractivity contribution in [3.63, 3.8) is 0 Å². The zero-order valence-electron chi connectivity index (χ0n) is 15.0. The number of hydrogen-bond donors (Lipinski definition) is 1. The summed E-state index contributed by atoms with van der Waals surface area (Å²) in [5.74, 6) is 0.665. The number of amides is 1. The number of thioether (sulfide) groups is 1. The lowest BCUT2D eigenvalue weighted by molar-refractivity contribution is -0.118. The van der Waals surface area contributed by atoms with Crippen molar-refractivity contribution in [1.82, 2.24) is 25.0 Å². The summed E-state index contributed by atoms with van der Waals surface area (Å²) in [5, 5.41) is 12.0. The van der Waals surface area contributed by atoms with Crippen LogP contribution in [0, 0.1) is 5.82 Å². The Morgan fingerprint density at radius 2 is 2.00 bits per heavy atom. The van der Waals surface area contributed by atoms with Gasteiger partial charge in [0.25, 0.3) is 0 Å². The van der Waals surface area contributed by atoms with Gasteiger partial charge in [-0.3, -0.25) is 14.3 Å². The molecule has 1 aromatic carbocycles. The molecule has 0 saturated heterocycles. The van der Waals surface area contributed by atoms with Gasteiger partial charge in [0.2, 0.25) is 5.91 Å². The zero-order chi connectivity index (χ0) is 18.4. The van der Waals surface area contributed by atoms with E-state index in [0.29, 0.717) is 11.7 Å². The van der Waals surface area contributed by atoms with Gasteiger partial charge in [0.15, 0.2) is 11.0 Å². The largest absolute Gasteiger partial charge is 0.355 e. The smallest absolute Gasteiger partial charge is 0.230 e. The van der Waals surface area contributed by atoms with Crippen LogP contribution in [0.4, 0.5) is 4.39 Å². The highest BCUT2D eigenvalue weighted by Gasteiger charge is 2.21. The van der Waals surface area contributed by atoms with E-state index >= 15 is 0 Å². The molecule has 2 rings (SSSR count). The molecule has 1 aromatic heterocycles. The molecule has 0 bridgehead atoms. The Bertz CT molecular complexity index is 702. The highest BCUT2D eigenvalue weighted by atomic mass is 32.2. The number of hydrogen-bond acceptors (Lipinski definition) is 5. The van der Waals surface area contributed by atoms with Crippen molar-refractivity contribution in [2.75, 3.05) is 26.4 Å². The van der Waals surface area contributed by atoms with E-state index in [0.717, 1.165) is 17.9 Å². The number of aromatic nitrogens is 3. The molecule has 0 aliphatic carbocycles. The summed E-state index contributed by atoms with van der Waals surface area (Å²) in [4.78, 5) is 13.9. The van der Waals surface area contributed by atoms with Crippen molar-refractivity contribution in [2.45, 2.75) is 31.5 Å². The van der Waals surface area contributed by atoms with Crippen molar-refractivity contribution < 1.29 is 9.18 Å². The summed E-state index contributed by atoms with van der Waals surface area (Å²) < 4.78 is 15.2. The summed E-state index contributed by atoms with van der Waals surface area (Å²) in [7, 11) is 3.92. The molecule has 0 aliphatic rings. The molecule has 0 radical (unpaired) electrons. The van der Waals surface area contributed by atoms with Crippen LogP contribution in [0.3, 0.4) is 0 Å². The van der Waals surface area contributed by atoms with Crippen LogP contribution >= 0.6 is 11.8 Å². The average molecular weight is 365 g/mol. The topological polar surface area (TPSA) is 63.1 Å². The van der Waals surface area contributed by atoms with Gasteiger partial charge in [0, 0.05) is 12.2 Å². The lowest BCUT2D eigenvalue weighted by Crippen LogP contribution is -2.26. The first-order chi connectivity index (χ1) is 11.9. The average Bonchev–Trinajstić information content (AvgIpc) is 3.01. The second-order valence-corrected chi connectivity index (χ2v) is 6.87. The van der Waals surface area contributed by atoms with Crippen molar-refractivity contribution in [2.24, 2.45) is 0 Å². The molecule has 0 unspecified atom stereocenters. The van der Waals surface area contributed by atoms with E-state index in [4.69, 9.17) is 0 Å². The molecule has 1 N–H and O–H groups in total. The minimum Gasteiger partial charge on any atom is -0.355 e. The van der Waals surface area contributed by atoms with Crippen molar-refractivity contribution >= 4 is 17.7 Å². The number of rotatable bonds is 8.